The van der Waals surface area contributed by atoms with Crippen LogP contribution in [0.25, 0.3) is 0 Å². The maximum atomic E-state index is 0. The minimum absolute atomic E-state index is 0. The van der Waals surface area contributed by atoms with E-state index in [4.69, 9.17) is 0 Å². The zero-order valence-corrected chi connectivity index (χ0v) is 94.1. The minimum atomic E-state index is 0. The van der Waals surface area contributed by atoms with Crippen LogP contribution in [-0.4, -0.2) is 340 Å². The summed E-state index contributed by atoms with van der Waals surface area (Å²) in [5.74, 6) is 0. The van der Waals surface area contributed by atoms with Crippen molar-refractivity contribution in [2.45, 2.75) is 0 Å². The molecule has 82 heavy (non-hydrogen) atoms. The summed E-state index contributed by atoms with van der Waals surface area (Å²) in [5.41, 5.74) is 0. The molecule has 0 amide bonds. The van der Waals surface area contributed by atoms with E-state index in [1.807, 2.05) is 0 Å². The molecule has 4 radical (unpaired) electrons. The second kappa shape index (κ2) is 6520. The van der Waals surface area contributed by atoms with Crippen LogP contribution < -0.4 is 0 Å². The Morgan fingerprint density at radius 2 is 0.0366 bits per heavy atom. The van der Waals surface area contributed by atoms with Crippen LogP contribution in [0, 0.1) is 0 Å². The van der Waals surface area contributed by atoms with Crippen LogP contribution in [0.4, 0.5) is 0 Å². The zero-order valence-electron chi connectivity index (χ0n) is 39.3. The second-order valence-corrected chi connectivity index (χ2v) is 0. The van der Waals surface area contributed by atoms with E-state index in [0.717, 1.165) is 0 Å². The fraction of sp³-hybridized carbons (Fsp3) is 0. The van der Waals surface area contributed by atoms with Gasteiger partial charge in [-0.3, -0.25) is 0 Å². The van der Waals surface area contributed by atoms with E-state index in [9.17, 15) is 0 Å². The first-order valence-corrected chi connectivity index (χ1v) is 0. The number of rotatable bonds is 0. The van der Waals surface area contributed by atoms with Gasteiger partial charge < -0.3 is 340 Å². The van der Waals surface area contributed by atoms with Crippen molar-refractivity contribution in [3.05, 3.63) is 0 Å². The molecule has 0 aliphatic rings. The van der Waals surface area contributed by atoms with Crippen LogP contribution in [0.3, 0.4) is 0 Å². The van der Waals surface area contributed by atoms with E-state index in [1.54, 1.807) is 0 Å². The largest absolute Gasteiger partial charge is 0.412 e. The summed E-state index contributed by atoms with van der Waals surface area (Å²) in [6.07, 6.45) is 0. The van der Waals surface area contributed by atoms with Crippen LogP contribution in [0.5, 0.6) is 0 Å². The number of hydrogen-bond acceptors (Lipinski definition) is 0. The molecule has 0 aromatic carbocycles. The molecule has 0 aromatic rings. The van der Waals surface area contributed by atoms with Crippen LogP contribution in [0.15, 0.2) is 0 Å². The van der Waals surface area contributed by atoms with Gasteiger partial charge in [0.15, 0.2) is 0 Å². The van der Waals surface area contributed by atoms with E-state index in [0.29, 0.717) is 0 Å². The van der Waals surface area contributed by atoms with E-state index in [2.05, 4.69) is 0 Å². The molecule has 82 heteroatoms. The summed E-state index contributed by atoms with van der Waals surface area (Å²) in [4.78, 5) is 0. The molecule has 616 valence electrons. The predicted octanol–water partition coefficient (Wildman–Crippen LogP) is -50.0. The third kappa shape index (κ3) is 6310. The van der Waals surface area contributed by atoms with Crippen molar-refractivity contribution in [1.29, 1.82) is 0 Å². The Labute approximate surface area is 728 Å². The van der Waals surface area contributed by atoms with Crippen molar-refractivity contribution < 1.29 is 719 Å². The SMILES string of the molecule is O.O.O.O.O.O.O.O.O.O.O.O.O.O.O.O.O.O.O.O.O.O.O.O.O.O.O.O.O.O.O.O.O.O.O.O.O.O.O.O.O.O.O.O.O.O.O.O.O.O.O.O.O.O.O.O.O.O.O.O.O.O.[PH].[PH].[W].[W].[W].[W].[W].[W].[W].[W].[W].[W].[W].[W].[W].[W].[W].[W].[W].[W]. The molecular formula is H126O62P2W18. The molecular weight excluding hydrogens is 4360 g/mol. The van der Waals surface area contributed by atoms with Gasteiger partial charge >= 0.3 is 0 Å². The van der Waals surface area contributed by atoms with Gasteiger partial charge in [-0.15, -0.1) is 0 Å². The van der Waals surface area contributed by atoms with E-state index < -0.39 is 0 Å². The third-order valence-electron chi connectivity index (χ3n) is 0. The van der Waals surface area contributed by atoms with Gasteiger partial charge in [0.05, 0.1) is 0 Å². The molecule has 0 aliphatic carbocycles. The van der Waals surface area contributed by atoms with Gasteiger partial charge in [0.2, 0.25) is 0 Å². The first-order valence-electron chi connectivity index (χ1n) is 0. The quantitative estimate of drug-likeness (QED) is 0.204. The molecule has 0 aromatic heterocycles. The molecule has 0 rings (SSSR count). The summed E-state index contributed by atoms with van der Waals surface area (Å²) in [5, 5.41) is 0. The zero-order chi connectivity index (χ0) is 0. The maximum absolute atomic E-state index is 0. The van der Waals surface area contributed by atoms with Crippen LogP contribution in [0.2, 0.25) is 0 Å². The summed E-state index contributed by atoms with van der Waals surface area (Å²) >= 11 is 0. The Bertz CT molecular complexity index is 75.1. The van der Waals surface area contributed by atoms with Crippen molar-refractivity contribution in [2.24, 2.45) is 0 Å². The van der Waals surface area contributed by atoms with Crippen molar-refractivity contribution in [2.75, 3.05) is 0 Å². The maximum Gasteiger partial charge on any atom is 0 e. The standard InChI is InChI=1S/62H2O.2HP.18W/h62*1H2;2*1H;;;;;;;;;;;;;;;;;;. The average molecular weight is 4490 g/mol. The first-order chi connectivity index (χ1) is 0. The van der Waals surface area contributed by atoms with Gasteiger partial charge in [0.1, 0.15) is 0 Å². The molecule has 62 nitrogen and oxygen atoms in total. The summed E-state index contributed by atoms with van der Waals surface area (Å²) in [6, 6.07) is 0. The molecule has 0 spiro atoms. The third-order valence-corrected chi connectivity index (χ3v) is 0. The average Bonchev–Trinajstić information content (AvgIpc) is 0. The van der Waals surface area contributed by atoms with E-state index >= 15 is 0 Å². The molecule has 0 atom stereocenters. The van der Waals surface area contributed by atoms with Crippen LogP contribution >= 0.6 is 19.8 Å². The van der Waals surface area contributed by atoms with Crippen LogP contribution in [-0.2, 0) is 379 Å². The first kappa shape index (κ1) is 6740. The second-order valence-electron chi connectivity index (χ2n) is 0. The van der Waals surface area contributed by atoms with Crippen molar-refractivity contribution in [1.82, 2.24) is 0 Å². The van der Waals surface area contributed by atoms with Gasteiger partial charge in [-0.05, 0) is 0 Å². The number of hydrogen-bond donors (Lipinski definition) is 0. The molecule has 0 bridgehead atoms. The van der Waals surface area contributed by atoms with Crippen molar-refractivity contribution >= 4 is 19.8 Å². The Kier molecular flexibility index (Phi) is 536000. The Morgan fingerprint density at radius 1 is 0.0366 bits per heavy atom. The normalized spacial score (nSPS) is 0. The van der Waals surface area contributed by atoms with Crippen molar-refractivity contribution in [3.8, 4) is 0 Å². The van der Waals surface area contributed by atoms with Gasteiger partial charge in [-0.1, -0.05) is 19.8 Å². The Hall–Kier alpha value is 10.8. The fourth-order valence-electron chi connectivity index (χ4n) is 0. The molecule has 0 unspecified atom stereocenters. The molecule has 0 aliphatic heterocycles. The Balaban J connectivity index is 0. The minimum Gasteiger partial charge on any atom is -0.412 e. The molecule has 124 N–H and O–H groups in total. The molecule has 0 saturated heterocycles. The van der Waals surface area contributed by atoms with Crippen LogP contribution in [0.1, 0.15) is 0 Å². The molecule has 0 fully saturated rings. The smallest absolute Gasteiger partial charge is 0 e. The van der Waals surface area contributed by atoms with Gasteiger partial charge in [0.25, 0.3) is 0 Å². The monoisotopic (exact) mass is 4490 g/mol. The molecule has 0 heterocycles. The van der Waals surface area contributed by atoms with Crippen molar-refractivity contribution in [3.63, 3.8) is 0 Å². The molecule has 0 saturated carbocycles. The topological polar surface area (TPSA) is 1950 Å². The van der Waals surface area contributed by atoms with Gasteiger partial charge in [-0.2, -0.15) is 0 Å². The predicted molar refractivity (Wildman–Crippen MR) is 241 cm³/mol. The van der Waals surface area contributed by atoms with Gasteiger partial charge in [-0.25, -0.2) is 0 Å². The summed E-state index contributed by atoms with van der Waals surface area (Å²) < 4.78 is 0. The van der Waals surface area contributed by atoms with E-state index in [1.165, 1.54) is 0 Å². The summed E-state index contributed by atoms with van der Waals surface area (Å²) in [6.45, 7) is 0. The Morgan fingerprint density at radius 3 is 0.0366 bits per heavy atom. The van der Waals surface area contributed by atoms with Gasteiger partial charge in [0, 0.05) is 379 Å². The fourth-order valence-corrected chi connectivity index (χ4v) is 0. The van der Waals surface area contributed by atoms with E-state index in [-0.39, 0.29) is 738 Å². The summed E-state index contributed by atoms with van der Waals surface area (Å²) in [7, 11) is 0.